The minimum Gasteiger partial charge on any atom is -0.342 e. The highest BCUT2D eigenvalue weighted by Crippen LogP contribution is 2.28. The van der Waals surface area contributed by atoms with E-state index in [4.69, 9.17) is 0 Å². The lowest BCUT2D eigenvalue weighted by Crippen LogP contribution is -2.56. The minimum absolute atomic E-state index is 0.0187. The monoisotopic (exact) mass is 384 g/mol. The third-order valence-corrected chi connectivity index (χ3v) is 6.02. The molecule has 28 heavy (non-hydrogen) atoms. The molecule has 3 heterocycles. The summed E-state index contributed by atoms with van der Waals surface area (Å²) in [5.74, 6) is -0.655. The van der Waals surface area contributed by atoms with E-state index in [1.165, 1.54) is 5.56 Å². The molecule has 5 amide bonds. The molecule has 1 aromatic rings. The van der Waals surface area contributed by atoms with Gasteiger partial charge in [-0.15, -0.1) is 0 Å². The summed E-state index contributed by atoms with van der Waals surface area (Å²) in [4.78, 5) is 52.1. The van der Waals surface area contributed by atoms with Crippen molar-refractivity contribution in [3.8, 4) is 0 Å². The van der Waals surface area contributed by atoms with Crippen LogP contribution >= 0.6 is 0 Å². The molecule has 3 saturated heterocycles. The number of carbonyl (C=O) groups excluding carboxylic acids is 4. The van der Waals surface area contributed by atoms with Crippen molar-refractivity contribution in [1.29, 1.82) is 0 Å². The standard InChI is InChI=1S/C20H24N4O4/c25-16-12-15(13-24(16)9-6-14-4-2-1-3-5-14)17(26)23-10-7-20(8-11-23)18(27)21-19(28)22-20/h1-5,15H,6-13H2,(H2,21,22,27,28). The van der Waals surface area contributed by atoms with Gasteiger partial charge in [0.1, 0.15) is 5.54 Å². The van der Waals surface area contributed by atoms with Crippen LogP contribution in [0.15, 0.2) is 30.3 Å². The van der Waals surface area contributed by atoms with Crippen LogP contribution in [0.25, 0.3) is 0 Å². The first-order valence-corrected chi connectivity index (χ1v) is 9.71. The quantitative estimate of drug-likeness (QED) is 0.729. The number of benzene rings is 1. The number of nitrogens with one attached hydrogen (secondary N) is 2. The van der Waals surface area contributed by atoms with E-state index in [1.807, 2.05) is 30.3 Å². The van der Waals surface area contributed by atoms with Gasteiger partial charge in [-0.25, -0.2) is 4.79 Å². The molecule has 0 aliphatic carbocycles. The fourth-order valence-electron chi connectivity index (χ4n) is 4.31. The zero-order valence-corrected chi connectivity index (χ0v) is 15.6. The van der Waals surface area contributed by atoms with E-state index in [1.54, 1.807) is 9.80 Å². The largest absolute Gasteiger partial charge is 0.342 e. The molecule has 8 heteroatoms. The Balaban J connectivity index is 1.30. The molecule has 2 N–H and O–H groups in total. The summed E-state index contributed by atoms with van der Waals surface area (Å²) in [5, 5.41) is 4.97. The molecule has 8 nitrogen and oxygen atoms in total. The van der Waals surface area contributed by atoms with Gasteiger partial charge in [-0.05, 0) is 24.8 Å². The lowest BCUT2D eigenvalue weighted by atomic mass is 9.87. The van der Waals surface area contributed by atoms with Crippen LogP contribution in [0.5, 0.6) is 0 Å². The van der Waals surface area contributed by atoms with Crippen LogP contribution in [-0.4, -0.2) is 65.3 Å². The number of hydrogen-bond acceptors (Lipinski definition) is 4. The summed E-state index contributed by atoms with van der Waals surface area (Å²) >= 11 is 0. The average molecular weight is 384 g/mol. The molecule has 3 aliphatic rings. The molecule has 0 bridgehead atoms. The predicted octanol–water partition coefficient (Wildman–Crippen LogP) is 0.278. The Hall–Kier alpha value is -2.90. The molecule has 1 spiro atoms. The SMILES string of the molecule is O=C1NC(=O)C2(CCN(C(=O)C3CC(=O)N(CCc4ccccc4)C3)CC2)N1. The zero-order valence-electron chi connectivity index (χ0n) is 15.6. The second-order valence-electron chi connectivity index (χ2n) is 7.79. The molecular formula is C20H24N4O4. The molecule has 1 unspecified atom stereocenters. The van der Waals surface area contributed by atoms with Crippen molar-refractivity contribution in [3.63, 3.8) is 0 Å². The van der Waals surface area contributed by atoms with Crippen LogP contribution < -0.4 is 10.6 Å². The van der Waals surface area contributed by atoms with Gasteiger partial charge in [-0.2, -0.15) is 0 Å². The van der Waals surface area contributed by atoms with Gasteiger partial charge in [0.05, 0.1) is 5.92 Å². The highest BCUT2D eigenvalue weighted by molar-refractivity contribution is 6.07. The Morgan fingerprint density at radius 1 is 1.11 bits per heavy atom. The summed E-state index contributed by atoms with van der Waals surface area (Å²) in [7, 11) is 0. The molecule has 4 rings (SSSR count). The van der Waals surface area contributed by atoms with Crippen molar-refractivity contribution in [2.75, 3.05) is 26.2 Å². The van der Waals surface area contributed by atoms with Crippen LogP contribution in [0.2, 0.25) is 0 Å². The summed E-state index contributed by atoms with van der Waals surface area (Å²) < 4.78 is 0. The summed E-state index contributed by atoms with van der Waals surface area (Å²) in [5.41, 5.74) is 0.282. The molecule has 1 aromatic carbocycles. The molecular weight excluding hydrogens is 360 g/mol. The molecule has 3 fully saturated rings. The number of hydrogen-bond donors (Lipinski definition) is 2. The van der Waals surface area contributed by atoms with Crippen molar-refractivity contribution in [2.24, 2.45) is 5.92 Å². The van der Waals surface area contributed by atoms with Crippen molar-refractivity contribution in [2.45, 2.75) is 31.2 Å². The van der Waals surface area contributed by atoms with Gasteiger partial charge < -0.3 is 15.1 Å². The van der Waals surface area contributed by atoms with E-state index in [-0.39, 0.29) is 30.1 Å². The third kappa shape index (κ3) is 3.46. The maximum absolute atomic E-state index is 12.9. The van der Waals surface area contributed by atoms with Crippen LogP contribution in [0, 0.1) is 5.92 Å². The van der Waals surface area contributed by atoms with Gasteiger partial charge in [0.15, 0.2) is 0 Å². The second kappa shape index (κ2) is 7.26. The predicted molar refractivity (Wildman–Crippen MR) is 100 cm³/mol. The van der Waals surface area contributed by atoms with Crippen LogP contribution in [0.4, 0.5) is 4.79 Å². The van der Waals surface area contributed by atoms with E-state index in [2.05, 4.69) is 10.6 Å². The Kier molecular flexibility index (Phi) is 4.78. The highest BCUT2D eigenvalue weighted by atomic mass is 16.2. The van der Waals surface area contributed by atoms with Gasteiger partial charge in [-0.1, -0.05) is 30.3 Å². The van der Waals surface area contributed by atoms with Gasteiger partial charge in [-0.3, -0.25) is 19.7 Å². The van der Waals surface area contributed by atoms with Crippen LogP contribution in [-0.2, 0) is 20.8 Å². The van der Waals surface area contributed by atoms with Gasteiger partial charge in [0.25, 0.3) is 5.91 Å². The first-order chi connectivity index (χ1) is 13.5. The maximum Gasteiger partial charge on any atom is 0.322 e. The molecule has 0 saturated carbocycles. The summed E-state index contributed by atoms with van der Waals surface area (Å²) in [6.07, 6.45) is 1.81. The summed E-state index contributed by atoms with van der Waals surface area (Å²) in [6, 6.07) is 9.51. The number of urea groups is 1. The summed E-state index contributed by atoms with van der Waals surface area (Å²) in [6.45, 7) is 1.87. The maximum atomic E-state index is 12.9. The highest BCUT2D eigenvalue weighted by Gasteiger charge is 2.49. The van der Waals surface area contributed by atoms with E-state index in [9.17, 15) is 19.2 Å². The van der Waals surface area contributed by atoms with E-state index in [0.29, 0.717) is 39.0 Å². The van der Waals surface area contributed by atoms with Crippen molar-refractivity contribution >= 4 is 23.8 Å². The fraction of sp³-hybridized carbons (Fsp3) is 0.500. The number of likely N-dealkylation sites (tertiary alicyclic amines) is 2. The van der Waals surface area contributed by atoms with Crippen molar-refractivity contribution in [3.05, 3.63) is 35.9 Å². The molecule has 3 aliphatic heterocycles. The topological polar surface area (TPSA) is 98.8 Å². The van der Waals surface area contributed by atoms with Gasteiger partial charge in [0, 0.05) is 32.6 Å². The fourth-order valence-corrected chi connectivity index (χ4v) is 4.31. The average Bonchev–Trinajstić information content (AvgIpc) is 3.20. The third-order valence-electron chi connectivity index (χ3n) is 6.02. The number of nitrogens with zero attached hydrogens (tertiary/aromatic N) is 2. The van der Waals surface area contributed by atoms with E-state index < -0.39 is 11.6 Å². The Labute approximate surface area is 163 Å². The first kappa shape index (κ1) is 18.5. The number of amides is 5. The number of rotatable bonds is 4. The molecule has 0 radical (unpaired) electrons. The lowest BCUT2D eigenvalue weighted by molar-refractivity contribution is -0.139. The second-order valence-corrected chi connectivity index (χ2v) is 7.79. The van der Waals surface area contributed by atoms with Crippen molar-refractivity contribution < 1.29 is 19.2 Å². The molecule has 148 valence electrons. The van der Waals surface area contributed by atoms with E-state index >= 15 is 0 Å². The molecule has 1 atom stereocenters. The van der Waals surface area contributed by atoms with Gasteiger partial charge >= 0.3 is 6.03 Å². The Bertz CT molecular complexity index is 802. The number of piperidine rings is 1. The normalized spacial score (nSPS) is 23.9. The zero-order chi connectivity index (χ0) is 19.7. The lowest BCUT2D eigenvalue weighted by Gasteiger charge is -2.37. The van der Waals surface area contributed by atoms with Gasteiger partial charge in [0.2, 0.25) is 11.8 Å². The van der Waals surface area contributed by atoms with Crippen molar-refractivity contribution in [1.82, 2.24) is 20.4 Å². The Morgan fingerprint density at radius 3 is 2.46 bits per heavy atom. The smallest absolute Gasteiger partial charge is 0.322 e. The number of carbonyl (C=O) groups is 4. The van der Waals surface area contributed by atoms with Crippen LogP contribution in [0.3, 0.4) is 0 Å². The molecule has 0 aromatic heterocycles. The number of imide groups is 1. The van der Waals surface area contributed by atoms with Crippen LogP contribution in [0.1, 0.15) is 24.8 Å². The van der Waals surface area contributed by atoms with E-state index in [0.717, 1.165) is 6.42 Å². The Morgan fingerprint density at radius 2 is 1.82 bits per heavy atom. The first-order valence-electron chi connectivity index (χ1n) is 9.71. The minimum atomic E-state index is -0.888.